The number of nitrogens with zero attached hydrogens (tertiary/aromatic N) is 1. The Morgan fingerprint density at radius 3 is 1.25 bits per heavy atom. The number of aliphatic hydroxyl groups is 10. The van der Waals surface area contributed by atoms with E-state index in [1.807, 2.05) is 24.6 Å². The van der Waals surface area contributed by atoms with Gasteiger partial charge in [-0.2, -0.15) is 0 Å². The number of amides is 4. The minimum Gasteiger partial charge on any atom is -0.466 e. The molecule has 132 heavy (non-hydrogen) atoms. The number of hydrogen-bond acceptors (Lipinski definition) is 33. The molecular formula is C94H170N4O31S2Y. The summed E-state index contributed by atoms with van der Waals surface area (Å²) in [6.45, 7) is 17.6. The van der Waals surface area contributed by atoms with Crippen molar-refractivity contribution in [3.63, 3.8) is 0 Å². The number of ketones is 3. The van der Waals surface area contributed by atoms with Crippen molar-refractivity contribution in [2.24, 2.45) is 23.2 Å². The van der Waals surface area contributed by atoms with Crippen LogP contribution in [0, 0.1) is 23.2 Å². The van der Waals surface area contributed by atoms with Crippen molar-refractivity contribution in [3.05, 3.63) is 0 Å². The zero-order valence-corrected chi connectivity index (χ0v) is 85.2. The number of carbonyl (C=O) groups excluding carboxylic acids is 9. The van der Waals surface area contributed by atoms with Gasteiger partial charge in [-0.1, -0.05) is 107 Å². The Morgan fingerprint density at radius 1 is 0.417 bits per heavy atom. The second-order valence-electron chi connectivity index (χ2n) is 36.0. The number of nitrogens with one attached hydrogen (secondary N) is 3. The van der Waals surface area contributed by atoms with Crippen molar-refractivity contribution >= 4 is 74.7 Å². The van der Waals surface area contributed by atoms with Gasteiger partial charge in [0.2, 0.25) is 17.7 Å². The number of esters is 2. The SMILES string of the molecule is CCC(=O)CC(CCCOC(=O)CCCCCCCNC(=O)CCCOC1OC(CO)C(O)C(O)C1C)(CCCOC(=O)CCCCCCCNC(=O)CCCOC1OC(CO)C(O)C(O)C1C)CCCOC(=O)NCCCCCCCC(=O)CCCOC1OC(CO)C(O)C(O)C1C.CCOCCOCCSSC(C)(C)CCC(=O)CCCCC(=O)N1C[C@@H](OC)C[C@@H]1CO.[Y]. The monoisotopic (exact) mass is 2000 g/mol. The number of methoxy groups -OCH3 is 1. The molecule has 0 aliphatic carbocycles. The van der Waals surface area contributed by atoms with Gasteiger partial charge in [0.05, 0.1) is 116 Å². The molecule has 35 nitrogen and oxygen atoms in total. The molecule has 767 valence electrons. The smallest absolute Gasteiger partial charge is 0.407 e. The van der Waals surface area contributed by atoms with Crippen molar-refractivity contribution in [2.75, 3.05) is 132 Å². The van der Waals surface area contributed by atoms with E-state index in [0.29, 0.717) is 168 Å². The normalized spacial score (nSPS) is 24.1. The number of likely N-dealkylation sites (tertiary alicyclic amines) is 1. The van der Waals surface area contributed by atoms with Gasteiger partial charge in [-0.05, 0) is 148 Å². The van der Waals surface area contributed by atoms with Crippen LogP contribution in [0.2, 0.25) is 0 Å². The van der Waals surface area contributed by atoms with E-state index in [1.165, 1.54) is 0 Å². The van der Waals surface area contributed by atoms with E-state index in [1.54, 1.807) is 43.6 Å². The zero-order valence-electron chi connectivity index (χ0n) is 80.7. The molecule has 15 unspecified atom stereocenters. The average Bonchev–Trinajstić information content (AvgIpc) is 1.11. The Morgan fingerprint density at radius 2 is 0.811 bits per heavy atom. The Balaban J connectivity index is 0.00000150. The Hall–Kier alpha value is -3.33. The molecule has 1 radical (unpaired) electrons. The number of rotatable bonds is 76. The van der Waals surface area contributed by atoms with Crippen LogP contribution in [0.1, 0.15) is 299 Å². The second kappa shape index (κ2) is 75.5. The van der Waals surface area contributed by atoms with Gasteiger partial charge < -0.3 is 129 Å². The molecule has 4 aliphatic rings. The first-order valence-corrected chi connectivity index (χ1v) is 51.2. The van der Waals surface area contributed by atoms with Gasteiger partial charge in [-0.15, -0.1) is 0 Å². The molecule has 4 aliphatic heterocycles. The topological polar surface area (TPSA) is 506 Å². The minimum atomic E-state index is -1.21. The quantitative estimate of drug-likeness (QED) is 0.0117. The van der Waals surface area contributed by atoms with Gasteiger partial charge in [-0.3, -0.25) is 38.4 Å². The predicted molar refractivity (Wildman–Crippen MR) is 494 cm³/mol. The van der Waals surface area contributed by atoms with Crippen LogP contribution in [0.4, 0.5) is 4.79 Å². The number of ether oxygens (including phenoxy) is 12. The maximum atomic E-state index is 13.2. The van der Waals surface area contributed by atoms with Crippen LogP contribution >= 0.6 is 21.6 Å². The third kappa shape index (κ3) is 54.5. The number of alkyl carbamates (subject to hydrolysis) is 1. The van der Waals surface area contributed by atoms with Crippen LogP contribution in [-0.4, -0.2) is 331 Å². The predicted octanol–water partition coefficient (Wildman–Crippen LogP) is 8.65. The third-order valence-electron chi connectivity index (χ3n) is 24.6. The van der Waals surface area contributed by atoms with Crippen molar-refractivity contribution in [2.45, 2.75) is 390 Å². The van der Waals surface area contributed by atoms with Gasteiger partial charge in [0.25, 0.3) is 0 Å². The molecule has 0 aromatic heterocycles. The van der Waals surface area contributed by atoms with Crippen LogP contribution in [-0.2, 0) is 128 Å². The van der Waals surface area contributed by atoms with Crippen LogP contribution in [0.5, 0.6) is 0 Å². The maximum Gasteiger partial charge on any atom is 0.407 e. The molecule has 0 saturated carbocycles. The second-order valence-corrected chi connectivity index (χ2v) is 39.1. The first kappa shape index (κ1) is 125. The fourth-order valence-electron chi connectivity index (χ4n) is 16.1. The Bertz CT molecular complexity index is 2850. The number of Topliss-reactive ketones (excluding diaryl/α,β-unsaturated/α-hetero) is 3. The standard InChI is InChI=1S/C71H127N3O25.C23H43NO6S2.Y/c1-5-52(78)45-71(33-24-42-91-59(82)31-16-10-7-12-18-36-72-57(80)29-22-40-94-68-50(3)62(85)65(88)55(47-76)98-68,34-25-43-92-60(83)32-17-11-8-13-19-37-73-58(81)30-23-41-95-69-51(4)63(86)66(89)56(48-77)99-69)35-26-44-96-70(90)74-38-20-14-6-9-15-27-53(79)28-21-39-93-67-49(2)61(84)64(87)54(46-75)97-67;1-5-29-12-13-30-14-15-31-32-23(2,3)11-10-20(26)8-6-7-9-22(27)24-17-21(28-4)16-19(24)18-25;/h49-51,54-56,61-69,75-77,84-89H,5-48H2,1-4H3,(H,72,80)(H,73,81)(H,74,90);19,21,25H,5-18H2,1-4H3;/t;19-,21+;/m.1./s1. The van der Waals surface area contributed by atoms with Gasteiger partial charge in [-0.25, -0.2) is 4.79 Å². The zero-order chi connectivity index (χ0) is 96.6. The first-order valence-electron chi connectivity index (χ1n) is 48.8. The molecule has 38 heteroatoms. The maximum absolute atomic E-state index is 13.2. The molecule has 0 aromatic carbocycles. The first-order chi connectivity index (χ1) is 62.9. The molecule has 17 atom stereocenters. The van der Waals surface area contributed by atoms with Crippen LogP contribution < -0.4 is 16.0 Å². The molecule has 0 aromatic rings. The van der Waals surface area contributed by atoms with Crippen LogP contribution in [0.15, 0.2) is 0 Å². The van der Waals surface area contributed by atoms with Crippen molar-refractivity contribution < 1.29 is 184 Å². The minimum absolute atomic E-state index is 0. The van der Waals surface area contributed by atoms with Gasteiger partial charge >= 0.3 is 18.0 Å². The summed E-state index contributed by atoms with van der Waals surface area (Å²) in [5, 5.41) is 107. The fraction of sp³-hybridized carbons (Fsp3) is 0.904. The summed E-state index contributed by atoms with van der Waals surface area (Å²) in [4.78, 5) is 115. The van der Waals surface area contributed by atoms with Gasteiger partial charge in [0.1, 0.15) is 54.0 Å². The van der Waals surface area contributed by atoms with Crippen LogP contribution in [0.3, 0.4) is 0 Å². The molecule has 13 N–H and O–H groups in total. The molecule has 4 amide bonds. The number of hydrogen-bond donors (Lipinski definition) is 13. The van der Waals surface area contributed by atoms with E-state index in [-0.39, 0.29) is 175 Å². The summed E-state index contributed by atoms with van der Waals surface area (Å²) in [6, 6.07) is -0.145. The molecular weight excluding hydrogens is 1830 g/mol. The van der Waals surface area contributed by atoms with Crippen molar-refractivity contribution in [1.29, 1.82) is 0 Å². The van der Waals surface area contributed by atoms with E-state index in [2.05, 4.69) is 29.8 Å². The van der Waals surface area contributed by atoms with E-state index in [9.17, 15) is 94.2 Å². The summed E-state index contributed by atoms with van der Waals surface area (Å²) in [6.07, 6.45) is 10.7. The number of aliphatic hydroxyl groups excluding tert-OH is 10. The third-order valence-corrected chi connectivity index (χ3v) is 27.9. The van der Waals surface area contributed by atoms with Gasteiger partial charge in [0, 0.05) is 171 Å². The molecule has 4 heterocycles. The Labute approximate surface area is 818 Å². The largest absolute Gasteiger partial charge is 0.466 e. The van der Waals surface area contributed by atoms with E-state index in [0.717, 1.165) is 109 Å². The average molecular weight is 2010 g/mol. The van der Waals surface area contributed by atoms with Crippen LogP contribution in [0.25, 0.3) is 0 Å². The van der Waals surface area contributed by atoms with E-state index < -0.39 is 123 Å². The van der Waals surface area contributed by atoms with Crippen molar-refractivity contribution in [3.8, 4) is 0 Å². The summed E-state index contributed by atoms with van der Waals surface area (Å²) >= 11 is 0. The number of unbranched alkanes of at least 4 members (excludes halogenated alkanes) is 13. The summed E-state index contributed by atoms with van der Waals surface area (Å²) in [7, 11) is 5.23. The summed E-state index contributed by atoms with van der Waals surface area (Å²) in [5.74, 6) is -0.924. The molecule has 4 rings (SSSR count). The van der Waals surface area contributed by atoms with E-state index >= 15 is 0 Å². The molecule has 0 bridgehead atoms. The van der Waals surface area contributed by atoms with Gasteiger partial charge in [0.15, 0.2) is 18.9 Å². The Kier molecular flexibility index (Phi) is 71.4. The molecule has 0 spiro atoms. The fourth-order valence-corrected chi connectivity index (χ4v) is 18.6. The number of carbonyl (C=O) groups is 9. The van der Waals surface area contributed by atoms with Crippen molar-refractivity contribution in [1.82, 2.24) is 20.9 Å². The molecule has 4 saturated heterocycles. The summed E-state index contributed by atoms with van der Waals surface area (Å²) in [5.41, 5.74) is -0.532. The summed E-state index contributed by atoms with van der Waals surface area (Å²) < 4.78 is 66.8. The molecule has 4 fully saturated rings. The van der Waals surface area contributed by atoms with E-state index in [4.69, 9.17) is 56.8 Å².